The first-order valence-electron chi connectivity index (χ1n) is 9.86. The summed E-state index contributed by atoms with van der Waals surface area (Å²) < 4.78 is 0. The maximum absolute atomic E-state index is 13.7. The Morgan fingerprint density at radius 2 is 1.50 bits per heavy atom. The molecule has 1 saturated heterocycles. The van der Waals surface area contributed by atoms with E-state index >= 15 is 0 Å². The Balaban J connectivity index is 1.76. The summed E-state index contributed by atoms with van der Waals surface area (Å²) in [6.45, 7) is 4.33. The van der Waals surface area contributed by atoms with Crippen molar-refractivity contribution in [2.75, 3.05) is 4.90 Å². The smallest absolute Gasteiger partial charge is 0.186 e. The van der Waals surface area contributed by atoms with Crippen molar-refractivity contribution in [3.05, 3.63) is 102 Å². The van der Waals surface area contributed by atoms with Gasteiger partial charge in [-0.1, -0.05) is 79.7 Å². The second kappa shape index (κ2) is 8.24. The van der Waals surface area contributed by atoms with E-state index in [0.717, 1.165) is 17.7 Å². The van der Waals surface area contributed by atoms with Crippen molar-refractivity contribution >= 4 is 23.2 Å². The number of hydrogen-bond acceptors (Lipinski definition) is 3. The van der Waals surface area contributed by atoms with Crippen LogP contribution in [0.2, 0.25) is 0 Å². The van der Waals surface area contributed by atoms with Gasteiger partial charge in [0.2, 0.25) is 0 Å². The molecule has 0 bridgehead atoms. The second-order valence-electron chi connectivity index (χ2n) is 7.17. The first-order chi connectivity index (χ1) is 13.7. The van der Waals surface area contributed by atoms with Crippen LogP contribution in [0.3, 0.4) is 0 Å². The van der Waals surface area contributed by atoms with Crippen LogP contribution >= 0.6 is 11.8 Å². The molecule has 0 aromatic heterocycles. The first kappa shape index (κ1) is 18.8. The fourth-order valence-corrected chi connectivity index (χ4v) is 5.46. The molecule has 1 heterocycles. The lowest BCUT2D eigenvalue weighted by atomic mass is 9.94. The number of thioether (sulfide) groups is 1. The Kier molecular flexibility index (Phi) is 5.54. The highest BCUT2D eigenvalue weighted by molar-refractivity contribution is 8.00. The van der Waals surface area contributed by atoms with Crippen LogP contribution < -0.4 is 4.90 Å². The van der Waals surface area contributed by atoms with E-state index < -0.39 is 0 Å². The number of anilines is 1. The number of aryl methyl sites for hydroxylation is 1. The SMILES string of the molecule is CCc1ccc(C(=O)[C@@H]2[C@@H](c3ccccc3)S[C@H](C)N2c2ccccc2)cc1. The summed E-state index contributed by atoms with van der Waals surface area (Å²) in [5, 5.41) is 0.325. The van der Waals surface area contributed by atoms with Gasteiger partial charge in [0.15, 0.2) is 5.78 Å². The molecule has 3 aromatic rings. The molecule has 3 heteroatoms. The van der Waals surface area contributed by atoms with Crippen molar-refractivity contribution in [2.24, 2.45) is 0 Å². The third-order valence-corrected chi connectivity index (χ3v) is 6.86. The number of ketones is 1. The summed E-state index contributed by atoms with van der Waals surface area (Å²) in [5.74, 6) is 0.192. The minimum atomic E-state index is -0.225. The predicted octanol–water partition coefficient (Wildman–Crippen LogP) is 6.14. The Hall–Kier alpha value is -2.52. The van der Waals surface area contributed by atoms with E-state index in [1.165, 1.54) is 11.1 Å². The van der Waals surface area contributed by atoms with Gasteiger partial charge < -0.3 is 4.90 Å². The predicted molar refractivity (Wildman–Crippen MR) is 119 cm³/mol. The van der Waals surface area contributed by atoms with Crippen LogP contribution in [0.5, 0.6) is 0 Å². The fraction of sp³-hybridized carbons (Fsp3) is 0.240. The van der Waals surface area contributed by atoms with E-state index in [1.54, 1.807) is 0 Å². The Labute approximate surface area is 171 Å². The molecular formula is C25H25NOS. The molecule has 28 heavy (non-hydrogen) atoms. The van der Waals surface area contributed by atoms with E-state index in [0.29, 0.717) is 0 Å². The zero-order valence-electron chi connectivity index (χ0n) is 16.3. The topological polar surface area (TPSA) is 20.3 Å². The molecule has 1 aliphatic heterocycles. The Morgan fingerprint density at radius 1 is 0.893 bits per heavy atom. The zero-order valence-corrected chi connectivity index (χ0v) is 17.1. The van der Waals surface area contributed by atoms with E-state index in [4.69, 9.17) is 0 Å². The number of nitrogens with zero attached hydrogens (tertiary/aromatic N) is 1. The molecule has 1 fully saturated rings. The highest BCUT2D eigenvalue weighted by Crippen LogP contribution is 2.48. The third-order valence-electron chi connectivity index (χ3n) is 5.42. The van der Waals surface area contributed by atoms with E-state index in [1.807, 2.05) is 48.2 Å². The average molecular weight is 388 g/mol. The molecule has 0 spiro atoms. The summed E-state index contributed by atoms with van der Waals surface area (Å²) in [4.78, 5) is 16.0. The molecule has 0 unspecified atom stereocenters. The maximum Gasteiger partial charge on any atom is 0.186 e. The molecule has 3 aromatic carbocycles. The van der Waals surface area contributed by atoms with Gasteiger partial charge in [0.1, 0.15) is 6.04 Å². The number of carbonyl (C=O) groups excluding carboxylic acids is 1. The van der Waals surface area contributed by atoms with Crippen molar-refractivity contribution in [1.29, 1.82) is 0 Å². The van der Waals surface area contributed by atoms with Crippen LogP contribution in [0.1, 0.15) is 40.6 Å². The lowest BCUT2D eigenvalue weighted by Crippen LogP contribution is -2.42. The van der Waals surface area contributed by atoms with Crippen LogP contribution in [0.25, 0.3) is 0 Å². The molecule has 4 rings (SSSR count). The number of rotatable bonds is 5. The average Bonchev–Trinajstić information content (AvgIpc) is 3.11. The summed E-state index contributed by atoms with van der Waals surface area (Å²) >= 11 is 1.87. The van der Waals surface area contributed by atoms with Crippen LogP contribution in [0, 0.1) is 0 Å². The van der Waals surface area contributed by atoms with Crippen molar-refractivity contribution in [3.63, 3.8) is 0 Å². The molecule has 0 N–H and O–H groups in total. The normalized spacial score (nSPS) is 21.6. The number of carbonyl (C=O) groups is 1. The number of benzene rings is 3. The van der Waals surface area contributed by atoms with E-state index in [-0.39, 0.29) is 22.4 Å². The van der Waals surface area contributed by atoms with Crippen molar-refractivity contribution in [3.8, 4) is 0 Å². The van der Waals surface area contributed by atoms with E-state index in [9.17, 15) is 4.79 Å². The van der Waals surface area contributed by atoms with Gasteiger partial charge in [-0.05, 0) is 36.6 Å². The van der Waals surface area contributed by atoms with Crippen LogP contribution in [-0.4, -0.2) is 17.2 Å². The van der Waals surface area contributed by atoms with Crippen LogP contribution in [-0.2, 0) is 6.42 Å². The van der Waals surface area contributed by atoms with Gasteiger partial charge in [-0.2, -0.15) is 0 Å². The molecule has 142 valence electrons. The summed E-state index contributed by atoms with van der Waals surface area (Å²) in [6, 6.07) is 28.6. The van der Waals surface area contributed by atoms with Gasteiger partial charge in [0, 0.05) is 11.3 Å². The molecular weight excluding hydrogens is 362 g/mol. The van der Waals surface area contributed by atoms with Gasteiger partial charge in [-0.15, -0.1) is 11.8 Å². The third kappa shape index (κ3) is 3.59. The fourth-order valence-electron chi connectivity index (χ4n) is 3.94. The molecule has 0 radical (unpaired) electrons. The lowest BCUT2D eigenvalue weighted by molar-refractivity contribution is 0.0958. The van der Waals surface area contributed by atoms with E-state index in [2.05, 4.69) is 67.3 Å². The van der Waals surface area contributed by atoms with Gasteiger partial charge in [0.25, 0.3) is 0 Å². The molecule has 0 saturated carbocycles. The molecule has 3 atom stereocenters. The highest BCUT2D eigenvalue weighted by Gasteiger charge is 2.44. The van der Waals surface area contributed by atoms with Gasteiger partial charge in [0.05, 0.1) is 10.6 Å². The summed E-state index contributed by atoms with van der Waals surface area (Å²) in [6.07, 6.45) is 0.980. The number of Topliss-reactive ketones (excluding diaryl/α,β-unsaturated/α-hetero) is 1. The van der Waals surface area contributed by atoms with Crippen molar-refractivity contribution < 1.29 is 4.79 Å². The van der Waals surface area contributed by atoms with Crippen LogP contribution in [0.15, 0.2) is 84.9 Å². The van der Waals surface area contributed by atoms with Crippen LogP contribution in [0.4, 0.5) is 5.69 Å². The number of para-hydroxylation sites is 1. The second-order valence-corrected chi connectivity index (χ2v) is 8.63. The number of hydrogen-bond donors (Lipinski definition) is 0. The van der Waals surface area contributed by atoms with Gasteiger partial charge in [-0.3, -0.25) is 4.79 Å². The zero-order chi connectivity index (χ0) is 19.5. The standard InChI is InChI=1S/C25H25NOS/c1-3-19-14-16-20(17-15-19)24(27)23-25(21-10-6-4-7-11-21)28-18(2)26(23)22-12-8-5-9-13-22/h4-18,23,25H,3H2,1-2H3/t18-,23-,25-/m1/s1. The van der Waals surface area contributed by atoms with Gasteiger partial charge >= 0.3 is 0 Å². The van der Waals surface area contributed by atoms with Gasteiger partial charge in [-0.25, -0.2) is 0 Å². The molecule has 0 amide bonds. The monoisotopic (exact) mass is 387 g/mol. The summed E-state index contributed by atoms with van der Waals surface area (Å²) in [7, 11) is 0. The summed E-state index contributed by atoms with van der Waals surface area (Å²) in [5.41, 5.74) is 4.36. The first-order valence-corrected chi connectivity index (χ1v) is 10.8. The van der Waals surface area contributed by atoms with Crippen molar-refractivity contribution in [1.82, 2.24) is 0 Å². The minimum absolute atomic E-state index is 0.106. The molecule has 1 aliphatic rings. The highest BCUT2D eigenvalue weighted by atomic mass is 32.2. The minimum Gasteiger partial charge on any atom is -0.348 e. The Morgan fingerprint density at radius 3 is 2.11 bits per heavy atom. The largest absolute Gasteiger partial charge is 0.348 e. The van der Waals surface area contributed by atoms with Crippen molar-refractivity contribution in [2.45, 2.75) is 36.9 Å². The lowest BCUT2D eigenvalue weighted by Gasteiger charge is -2.30. The Bertz CT molecular complexity index is 924. The quantitative estimate of drug-likeness (QED) is 0.490. The molecule has 2 nitrogen and oxygen atoms in total. The molecule has 0 aliphatic carbocycles. The maximum atomic E-state index is 13.7.